The lowest BCUT2D eigenvalue weighted by molar-refractivity contribution is 0.330. The van der Waals surface area contributed by atoms with E-state index in [0.29, 0.717) is 17.7 Å². The highest BCUT2D eigenvalue weighted by Gasteiger charge is 2.30. The molecular formula is C21H28N2O3. The van der Waals surface area contributed by atoms with Crippen molar-refractivity contribution in [1.29, 1.82) is 0 Å². The van der Waals surface area contributed by atoms with Gasteiger partial charge in [0.1, 0.15) is 24.4 Å². The molecule has 1 aliphatic rings. The maximum atomic E-state index is 5.49. The Labute approximate surface area is 156 Å². The Hall–Kier alpha value is -2.48. The number of ether oxygens (including phenoxy) is 3. The Morgan fingerprint density at radius 3 is 2.35 bits per heavy atom. The van der Waals surface area contributed by atoms with Crippen LogP contribution in [0.15, 0.2) is 34.3 Å². The summed E-state index contributed by atoms with van der Waals surface area (Å²) in [7, 11) is 3.31. The number of hydrogen-bond acceptors (Lipinski definition) is 5. The predicted molar refractivity (Wildman–Crippen MR) is 105 cm³/mol. The molecule has 5 nitrogen and oxygen atoms in total. The summed E-state index contributed by atoms with van der Waals surface area (Å²) < 4.78 is 16.3. The van der Waals surface area contributed by atoms with Crippen LogP contribution in [0.25, 0.3) is 0 Å². The molecule has 1 aromatic carbocycles. The zero-order valence-electron chi connectivity index (χ0n) is 16.1. The Bertz CT molecular complexity index is 671. The first-order valence-corrected chi connectivity index (χ1v) is 8.97. The summed E-state index contributed by atoms with van der Waals surface area (Å²) in [6.07, 6.45) is 7.99. The van der Waals surface area contributed by atoms with E-state index in [-0.39, 0.29) is 18.7 Å². The average Bonchev–Trinajstić information content (AvgIpc) is 2.66. The number of benzene rings is 1. The van der Waals surface area contributed by atoms with E-state index in [1.807, 2.05) is 12.1 Å². The monoisotopic (exact) mass is 356 g/mol. The molecule has 1 heterocycles. The highest BCUT2D eigenvalue weighted by atomic mass is 16.5. The number of aryl methyl sites for hydroxylation is 1. The van der Waals surface area contributed by atoms with E-state index in [1.165, 1.54) is 5.56 Å². The Balaban J connectivity index is 1.92. The second kappa shape index (κ2) is 9.86. The van der Waals surface area contributed by atoms with Crippen LogP contribution in [0.5, 0.6) is 5.75 Å². The Kier molecular flexibility index (Phi) is 7.53. The maximum absolute atomic E-state index is 5.49. The van der Waals surface area contributed by atoms with E-state index in [4.69, 9.17) is 30.6 Å². The van der Waals surface area contributed by atoms with Crippen molar-refractivity contribution in [1.82, 2.24) is 0 Å². The first-order valence-electron chi connectivity index (χ1n) is 8.97. The molecular weight excluding hydrogens is 328 g/mol. The molecule has 0 fully saturated rings. The second-order valence-electron chi connectivity index (χ2n) is 6.58. The molecule has 0 saturated heterocycles. The smallest absolute Gasteiger partial charge is 0.209 e. The average molecular weight is 356 g/mol. The van der Waals surface area contributed by atoms with Gasteiger partial charge in [0, 0.05) is 0 Å². The van der Waals surface area contributed by atoms with Gasteiger partial charge in [-0.2, -0.15) is 0 Å². The minimum atomic E-state index is -0.0804. The number of terminal acetylenes is 1. The molecule has 1 aromatic rings. The van der Waals surface area contributed by atoms with Crippen LogP contribution in [-0.4, -0.2) is 44.7 Å². The molecule has 1 aliphatic heterocycles. The molecule has 140 valence electrons. The van der Waals surface area contributed by atoms with Crippen molar-refractivity contribution < 1.29 is 14.2 Å². The number of nitrogens with zero attached hydrogens (tertiary/aromatic N) is 2. The topological polar surface area (TPSA) is 52.4 Å². The highest BCUT2D eigenvalue weighted by molar-refractivity contribution is 5.94. The van der Waals surface area contributed by atoms with Gasteiger partial charge in [0.15, 0.2) is 0 Å². The summed E-state index contributed by atoms with van der Waals surface area (Å²) in [5.41, 5.74) is 1.25. The van der Waals surface area contributed by atoms with Crippen LogP contribution < -0.4 is 4.74 Å². The van der Waals surface area contributed by atoms with E-state index >= 15 is 0 Å². The van der Waals surface area contributed by atoms with Crippen molar-refractivity contribution in [3.8, 4) is 18.1 Å². The number of aliphatic imine (C=N–C) groups is 2. The zero-order chi connectivity index (χ0) is 18.9. The van der Waals surface area contributed by atoms with Crippen LogP contribution in [0.1, 0.15) is 32.3 Å². The van der Waals surface area contributed by atoms with Gasteiger partial charge in [-0.05, 0) is 42.9 Å². The lowest BCUT2D eigenvalue weighted by Gasteiger charge is -2.27. The molecule has 2 rings (SSSR count). The van der Waals surface area contributed by atoms with Gasteiger partial charge in [0.2, 0.25) is 11.8 Å². The fourth-order valence-electron chi connectivity index (χ4n) is 2.92. The summed E-state index contributed by atoms with van der Waals surface area (Å²) in [4.78, 5) is 9.44. The van der Waals surface area contributed by atoms with Crippen molar-refractivity contribution >= 4 is 11.8 Å². The van der Waals surface area contributed by atoms with Crippen LogP contribution in [0.3, 0.4) is 0 Å². The molecule has 0 aliphatic carbocycles. The molecule has 2 atom stereocenters. The summed E-state index contributed by atoms with van der Waals surface area (Å²) in [5, 5.41) is 0. The third kappa shape index (κ3) is 5.26. The summed E-state index contributed by atoms with van der Waals surface area (Å²) in [6, 6.07) is 7.88. The molecule has 26 heavy (non-hydrogen) atoms. The molecule has 0 spiro atoms. The highest BCUT2D eigenvalue weighted by Crippen LogP contribution is 2.21. The van der Waals surface area contributed by atoms with Crippen LogP contribution in [0.4, 0.5) is 0 Å². The molecule has 0 unspecified atom stereocenters. The van der Waals surface area contributed by atoms with Crippen LogP contribution in [-0.2, 0) is 15.9 Å². The quantitative estimate of drug-likeness (QED) is 0.703. The number of methoxy groups -OCH3 is 2. The minimum absolute atomic E-state index is 0.0678. The lowest BCUT2D eigenvalue weighted by atomic mass is 10.0. The zero-order valence-corrected chi connectivity index (χ0v) is 16.1. The Morgan fingerprint density at radius 1 is 1.08 bits per heavy atom. The van der Waals surface area contributed by atoms with E-state index in [9.17, 15) is 0 Å². The molecule has 5 heteroatoms. The third-order valence-electron chi connectivity index (χ3n) is 4.33. The van der Waals surface area contributed by atoms with Gasteiger partial charge < -0.3 is 14.2 Å². The van der Waals surface area contributed by atoms with Crippen LogP contribution in [0, 0.1) is 18.3 Å². The minimum Gasteiger partial charge on any atom is -0.483 e. The number of rotatable bonds is 7. The summed E-state index contributed by atoms with van der Waals surface area (Å²) in [5.74, 6) is 4.96. The van der Waals surface area contributed by atoms with Crippen LogP contribution >= 0.6 is 0 Å². The molecule has 0 amide bonds. The Morgan fingerprint density at radius 2 is 1.77 bits per heavy atom. The molecule has 0 saturated carbocycles. The van der Waals surface area contributed by atoms with Gasteiger partial charge >= 0.3 is 0 Å². The van der Waals surface area contributed by atoms with Crippen molar-refractivity contribution in [2.45, 2.75) is 45.2 Å². The second-order valence-corrected chi connectivity index (χ2v) is 6.58. The van der Waals surface area contributed by atoms with Gasteiger partial charge in [-0.1, -0.05) is 31.9 Å². The van der Waals surface area contributed by atoms with Crippen molar-refractivity contribution in [3.05, 3.63) is 29.8 Å². The molecule has 0 N–H and O–H groups in total. The van der Waals surface area contributed by atoms with Crippen molar-refractivity contribution in [2.75, 3.05) is 20.8 Å². The van der Waals surface area contributed by atoms with Gasteiger partial charge in [-0.3, -0.25) is 0 Å². The molecule has 0 radical (unpaired) electrons. The number of hydrogen-bond donors (Lipinski definition) is 0. The van der Waals surface area contributed by atoms with E-state index in [2.05, 4.69) is 31.9 Å². The predicted octanol–water partition coefficient (Wildman–Crippen LogP) is 3.52. The standard InChI is InChI=1S/C21H28N2O3/c1-6-14-26-17-12-10-16(11-13-17)8-7-9-18-20(24-4)23-19(15(2)3)21(22-18)25-5/h1,10-13,15,18-19H,7-9,14H2,2-5H3/t18-,19+/m0/s1. The summed E-state index contributed by atoms with van der Waals surface area (Å²) >= 11 is 0. The normalized spacial score (nSPS) is 19.4. The van der Waals surface area contributed by atoms with E-state index < -0.39 is 0 Å². The van der Waals surface area contributed by atoms with Gasteiger partial charge in [-0.15, -0.1) is 6.42 Å². The van der Waals surface area contributed by atoms with Crippen molar-refractivity contribution in [3.63, 3.8) is 0 Å². The van der Waals surface area contributed by atoms with E-state index in [1.54, 1.807) is 14.2 Å². The van der Waals surface area contributed by atoms with Gasteiger partial charge in [0.05, 0.1) is 14.2 Å². The molecule has 0 aromatic heterocycles. The first-order chi connectivity index (χ1) is 12.6. The van der Waals surface area contributed by atoms with Gasteiger partial charge in [-0.25, -0.2) is 9.98 Å². The van der Waals surface area contributed by atoms with Gasteiger partial charge in [0.25, 0.3) is 0 Å². The van der Waals surface area contributed by atoms with Crippen LogP contribution in [0.2, 0.25) is 0 Å². The summed E-state index contributed by atoms with van der Waals surface area (Å²) in [6.45, 7) is 4.50. The SMILES string of the molecule is C#CCOc1ccc(CCC[C@@H]2N=C(OC)[C@@H](C(C)C)N=C2OC)cc1. The first kappa shape index (κ1) is 19.8. The maximum Gasteiger partial charge on any atom is 0.209 e. The third-order valence-corrected chi connectivity index (χ3v) is 4.33. The van der Waals surface area contributed by atoms with E-state index in [0.717, 1.165) is 25.0 Å². The molecule has 0 bridgehead atoms. The largest absolute Gasteiger partial charge is 0.483 e. The lowest BCUT2D eigenvalue weighted by Crippen LogP contribution is -2.37. The fourth-order valence-corrected chi connectivity index (χ4v) is 2.92. The fraction of sp³-hybridized carbons (Fsp3) is 0.524. The van der Waals surface area contributed by atoms with Crippen molar-refractivity contribution in [2.24, 2.45) is 15.9 Å².